The van der Waals surface area contributed by atoms with Gasteiger partial charge in [0.1, 0.15) is 23.2 Å². The maximum Gasteiger partial charge on any atom is 0.153 e. The van der Waals surface area contributed by atoms with E-state index in [0.29, 0.717) is 24.6 Å². The molecule has 0 fully saturated rings. The lowest BCUT2D eigenvalue weighted by molar-refractivity contribution is 0.404. The van der Waals surface area contributed by atoms with Gasteiger partial charge in [0.15, 0.2) is 5.82 Å². The second-order valence-electron chi connectivity index (χ2n) is 5.19. The molecule has 7 heteroatoms. The lowest BCUT2D eigenvalue weighted by Crippen LogP contribution is -2.12. The molecule has 1 aromatic heterocycles. The summed E-state index contributed by atoms with van der Waals surface area (Å²) in [4.78, 5) is 4.31. The number of amidine groups is 1. The molecule has 3 rings (SSSR count). The minimum atomic E-state index is -0.601. The minimum Gasteiger partial charge on any atom is -0.497 e. The number of hydrogen-bond acceptors (Lipinski definition) is 4. The fraction of sp³-hybridized carbons (Fsp3) is 0.333. The fourth-order valence-electron chi connectivity index (χ4n) is 2.57. The smallest absolute Gasteiger partial charge is 0.153 e. The van der Waals surface area contributed by atoms with Gasteiger partial charge in [-0.1, -0.05) is 0 Å². The number of halogens is 2. The van der Waals surface area contributed by atoms with E-state index < -0.39 is 11.6 Å². The number of anilines is 1. The van der Waals surface area contributed by atoms with Gasteiger partial charge in [-0.05, 0) is 0 Å². The van der Waals surface area contributed by atoms with E-state index in [1.54, 1.807) is 10.9 Å². The zero-order chi connectivity index (χ0) is 15.7. The summed E-state index contributed by atoms with van der Waals surface area (Å²) in [5.74, 6) is -0.00946. The molecule has 0 saturated carbocycles. The summed E-state index contributed by atoms with van der Waals surface area (Å²) in [5.41, 5.74) is 0.0578. The van der Waals surface area contributed by atoms with Crippen molar-refractivity contribution >= 4 is 11.7 Å². The highest BCUT2D eigenvalue weighted by Crippen LogP contribution is 2.32. The van der Waals surface area contributed by atoms with Crippen LogP contribution in [0.3, 0.4) is 0 Å². The Hall–Kier alpha value is -2.44. The number of hydrogen-bond donors (Lipinski definition) is 1. The van der Waals surface area contributed by atoms with Crippen LogP contribution in [0.25, 0.3) is 0 Å². The molecule has 0 spiro atoms. The van der Waals surface area contributed by atoms with Crippen LogP contribution >= 0.6 is 0 Å². The summed E-state index contributed by atoms with van der Waals surface area (Å²) in [5, 5.41) is 7.26. The normalized spacial score (nSPS) is 17.5. The Kier molecular flexibility index (Phi) is 3.79. The first-order valence-electron chi connectivity index (χ1n) is 6.89. The van der Waals surface area contributed by atoms with Gasteiger partial charge in [0, 0.05) is 55.9 Å². The first-order chi connectivity index (χ1) is 10.6. The van der Waals surface area contributed by atoms with Crippen LogP contribution < -0.4 is 10.1 Å². The van der Waals surface area contributed by atoms with E-state index >= 15 is 0 Å². The van der Waals surface area contributed by atoms with Crippen molar-refractivity contribution in [3.05, 3.63) is 41.6 Å². The first kappa shape index (κ1) is 14.5. The van der Waals surface area contributed by atoms with Crippen molar-refractivity contribution in [1.82, 2.24) is 9.78 Å². The van der Waals surface area contributed by atoms with Crippen LogP contribution in [0.4, 0.5) is 14.6 Å². The Balaban J connectivity index is 1.74. The Morgan fingerprint density at radius 3 is 2.64 bits per heavy atom. The summed E-state index contributed by atoms with van der Waals surface area (Å²) < 4.78 is 34.7. The van der Waals surface area contributed by atoms with Gasteiger partial charge in [0.25, 0.3) is 0 Å². The summed E-state index contributed by atoms with van der Waals surface area (Å²) in [7, 11) is 3.19. The largest absolute Gasteiger partial charge is 0.497 e. The number of benzene rings is 1. The third-order valence-corrected chi connectivity index (χ3v) is 3.62. The van der Waals surface area contributed by atoms with Gasteiger partial charge >= 0.3 is 0 Å². The summed E-state index contributed by atoms with van der Waals surface area (Å²) in [6.07, 6.45) is 2.24. The molecule has 0 saturated heterocycles. The van der Waals surface area contributed by atoms with Crippen molar-refractivity contribution in [1.29, 1.82) is 0 Å². The molecular formula is C15H16F2N4O. The van der Waals surface area contributed by atoms with E-state index in [1.165, 1.54) is 19.2 Å². The third-order valence-electron chi connectivity index (χ3n) is 3.62. The van der Waals surface area contributed by atoms with Crippen molar-refractivity contribution in [2.45, 2.75) is 12.3 Å². The highest BCUT2D eigenvalue weighted by molar-refractivity contribution is 5.96. The number of nitrogens with one attached hydrogen (secondary N) is 1. The fourth-order valence-corrected chi connectivity index (χ4v) is 2.57. The van der Waals surface area contributed by atoms with Crippen molar-refractivity contribution in [3.63, 3.8) is 0 Å². The molecule has 5 nitrogen and oxygen atoms in total. The van der Waals surface area contributed by atoms with Crippen LogP contribution in [-0.2, 0) is 7.05 Å². The van der Waals surface area contributed by atoms with Crippen molar-refractivity contribution in [2.75, 3.05) is 19.0 Å². The van der Waals surface area contributed by atoms with E-state index in [4.69, 9.17) is 4.74 Å². The van der Waals surface area contributed by atoms with Gasteiger partial charge in [0.2, 0.25) is 0 Å². The topological polar surface area (TPSA) is 51.4 Å². The van der Waals surface area contributed by atoms with Crippen LogP contribution in [0.15, 0.2) is 29.4 Å². The Morgan fingerprint density at radius 2 is 2.05 bits per heavy atom. The van der Waals surface area contributed by atoms with Gasteiger partial charge in [-0.15, -0.1) is 0 Å². The van der Waals surface area contributed by atoms with Crippen LogP contribution in [0, 0.1) is 11.6 Å². The van der Waals surface area contributed by atoms with Crippen LogP contribution in [0.5, 0.6) is 5.75 Å². The number of rotatable bonds is 3. The number of methoxy groups -OCH3 is 1. The molecule has 22 heavy (non-hydrogen) atoms. The van der Waals surface area contributed by atoms with Crippen LogP contribution in [0.2, 0.25) is 0 Å². The van der Waals surface area contributed by atoms with Gasteiger partial charge in [-0.3, -0.25) is 9.67 Å². The number of ether oxygens (including phenoxy) is 1. The molecule has 0 radical (unpaired) electrons. The van der Waals surface area contributed by atoms with E-state index in [9.17, 15) is 8.78 Å². The predicted molar refractivity (Wildman–Crippen MR) is 79.4 cm³/mol. The Labute approximate surface area is 126 Å². The molecule has 2 heterocycles. The summed E-state index contributed by atoms with van der Waals surface area (Å²) in [6, 6.07) is 4.20. The molecule has 1 atom stereocenters. The van der Waals surface area contributed by atoms with Gasteiger partial charge in [0.05, 0.1) is 7.11 Å². The molecule has 0 aliphatic carbocycles. The maximum absolute atomic E-state index is 14.1. The number of aryl methyl sites for hydroxylation is 1. The second kappa shape index (κ2) is 5.75. The highest BCUT2D eigenvalue weighted by Gasteiger charge is 2.27. The Bertz CT molecular complexity index is 703. The van der Waals surface area contributed by atoms with Crippen molar-refractivity contribution in [2.24, 2.45) is 12.0 Å². The maximum atomic E-state index is 14.1. The Morgan fingerprint density at radius 1 is 1.32 bits per heavy atom. The zero-order valence-corrected chi connectivity index (χ0v) is 12.3. The number of nitrogens with zero attached hydrogens (tertiary/aromatic N) is 3. The predicted octanol–water partition coefficient (Wildman–Crippen LogP) is 2.70. The van der Waals surface area contributed by atoms with E-state index in [0.717, 1.165) is 0 Å². The standard InChI is InChI=1S/C15H16F2N4O/c1-21-4-3-13(20-21)19-14-5-9(8-18-14)15-11(16)6-10(22-2)7-12(15)17/h3-4,6-7,9H,5,8H2,1-2H3,(H,18,19,20)/t9-/m0/s1. The SMILES string of the molecule is COc1cc(F)c([C@@H]2CN=C(Nc3ccn(C)n3)C2)c(F)c1. The van der Waals surface area contributed by atoms with E-state index in [2.05, 4.69) is 15.4 Å². The average molecular weight is 306 g/mol. The summed E-state index contributed by atoms with van der Waals surface area (Å²) in [6.45, 7) is 0.343. The van der Waals surface area contributed by atoms with E-state index in [1.807, 2.05) is 13.1 Å². The molecule has 0 unspecified atom stereocenters. The number of aliphatic imine (C=N–C) groups is 1. The average Bonchev–Trinajstić information content (AvgIpc) is 3.08. The van der Waals surface area contributed by atoms with Gasteiger partial charge in [-0.25, -0.2) is 8.78 Å². The minimum absolute atomic E-state index is 0.0578. The molecular weight excluding hydrogens is 290 g/mol. The zero-order valence-electron chi connectivity index (χ0n) is 12.3. The van der Waals surface area contributed by atoms with Crippen molar-refractivity contribution < 1.29 is 13.5 Å². The lowest BCUT2D eigenvalue weighted by Gasteiger charge is -2.13. The third kappa shape index (κ3) is 2.79. The molecule has 1 aromatic carbocycles. The number of aromatic nitrogens is 2. The molecule has 0 bridgehead atoms. The van der Waals surface area contributed by atoms with E-state index in [-0.39, 0.29) is 17.2 Å². The van der Waals surface area contributed by atoms with Crippen LogP contribution in [0.1, 0.15) is 17.9 Å². The summed E-state index contributed by atoms with van der Waals surface area (Å²) >= 11 is 0. The quantitative estimate of drug-likeness (QED) is 0.948. The molecule has 1 N–H and O–H groups in total. The molecule has 1 aliphatic heterocycles. The second-order valence-corrected chi connectivity index (χ2v) is 5.19. The van der Waals surface area contributed by atoms with Gasteiger partial charge in [-0.2, -0.15) is 5.10 Å². The highest BCUT2D eigenvalue weighted by atomic mass is 19.1. The molecule has 1 aliphatic rings. The van der Waals surface area contributed by atoms with Crippen molar-refractivity contribution in [3.8, 4) is 5.75 Å². The van der Waals surface area contributed by atoms with Crippen LogP contribution in [-0.4, -0.2) is 29.3 Å². The molecule has 116 valence electrons. The molecule has 2 aromatic rings. The monoisotopic (exact) mass is 306 g/mol. The lowest BCUT2D eigenvalue weighted by atomic mass is 9.96. The first-order valence-corrected chi connectivity index (χ1v) is 6.89. The molecule has 0 amide bonds. The van der Waals surface area contributed by atoms with Gasteiger partial charge < -0.3 is 10.1 Å².